The van der Waals surface area contributed by atoms with Crippen molar-refractivity contribution in [1.82, 2.24) is 14.8 Å². The quantitative estimate of drug-likeness (QED) is 0.834. The lowest BCUT2D eigenvalue weighted by atomic mass is 10.3. The van der Waals surface area contributed by atoms with Crippen LogP contribution in [0.3, 0.4) is 0 Å². The molecule has 0 spiro atoms. The summed E-state index contributed by atoms with van der Waals surface area (Å²) in [6, 6.07) is 8.06. The zero-order valence-corrected chi connectivity index (χ0v) is 9.68. The van der Waals surface area contributed by atoms with E-state index in [4.69, 9.17) is 0 Å². The minimum absolute atomic E-state index is 0.613. The van der Waals surface area contributed by atoms with E-state index in [2.05, 4.69) is 26.0 Å². The summed E-state index contributed by atoms with van der Waals surface area (Å²) in [5.41, 5.74) is 1.05. The minimum Gasteiger partial charge on any atom is -0.221 e. The fraction of sp³-hybridized carbons (Fsp3) is 0.273. The maximum absolute atomic E-state index is 4.46. The topological polar surface area (TPSA) is 30.7 Å². The predicted octanol–water partition coefficient (Wildman–Crippen LogP) is 2.91. The molecule has 1 aliphatic carbocycles. The maximum Gasteiger partial charge on any atom is 0.154 e. The van der Waals surface area contributed by atoms with Gasteiger partial charge in [0.25, 0.3) is 0 Å². The number of rotatable bonds is 2. The molecule has 0 bridgehead atoms. The van der Waals surface area contributed by atoms with Crippen LogP contribution in [0.4, 0.5) is 0 Å². The van der Waals surface area contributed by atoms with Crippen molar-refractivity contribution in [3.63, 3.8) is 0 Å². The van der Waals surface area contributed by atoms with Crippen LogP contribution >= 0.6 is 15.9 Å². The molecular weight excluding hydrogens is 254 g/mol. The molecule has 0 unspecified atom stereocenters. The first-order valence-corrected chi connectivity index (χ1v) is 5.80. The fourth-order valence-corrected chi connectivity index (χ4v) is 1.79. The number of hydrogen-bond acceptors (Lipinski definition) is 2. The van der Waals surface area contributed by atoms with Crippen LogP contribution in [0.15, 0.2) is 35.1 Å². The second kappa shape index (κ2) is 3.45. The monoisotopic (exact) mass is 263 g/mol. The summed E-state index contributed by atoms with van der Waals surface area (Å²) in [5, 5.41) is 4.46. The standard InChI is InChI=1S/C11H10BrN3/c12-9-3-5-10(6-4-9)15-7-13-11(14-15)8-1-2-8/h3-8H,1-2H2. The van der Waals surface area contributed by atoms with Crippen LogP contribution in [0, 0.1) is 0 Å². The van der Waals surface area contributed by atoms with E-state index < -0.39 is 0 Å². The molecular formula is C11H10BrN3. The predicted molar refractivity (Wildman–Crippen MR) is 61.0 cm³/mol. The summed E-state index contributed by atoms with van der Waals surface area (Å²) in [7, 11) is 0. The zero-order chi connectivity index (χ0) is 10.3. The second-order valence-electron chi connectivity index (χ2n) is 3.80. The lowest BCUT2D eigenvalue weighted by Crippen LogP contribution is -1.95. The Bertz CT molecular complexity index is 471. The molecule has 1 aromatic heterocycles. The van der Waals surface area contributed by atoms with Crippen molar-refractivity contribution < 1.29 is 0 Å². The van der Waals surface area contributed by atoms with Gasteiger partial charge in [-0.05, 0) is 37.1 Å². The van der Waals surface area contributed by atoms with Gasteiger partial charge in [0.15, 0.2) is 5.82 Å². The molecule has 4 heteroatoms. The number of hydrogen-bond donors (Lipinski definition) is 0. The Morgan fingerprint density at radius 1 is 1.20 bits per heavy atom. The van der Waals surface area contributed by atoms with Crippen LogP contribution in [-0.2, 0) is 0 Å². The second-order valence-corrected chi connectivity index (χ2v) is 4.71. The Kier molecular flexibility index (Phi) is 2.09. The molecule has 2 aromatic rings. The van der Waals surface area contributed by atoms with Crippen molar-refractivity contribution in [2.24, 2.45) is 0 Å². The van der Waals surface area contributed by atoms with Gasteiger partial charge in [0.1, 0.15) is 6.33 Å². The van der Waals surface area contributed by atoms with Crippen molar-refractivity contribution in [2.45, 2.75) is 18.8 Å². The molecule has 3 nitrogen and oxygen atoms in total. The Morgan fingerprint density at radius 2 is 1.93 bits per heavy atom. The van der Waals surface area contributed by atoms with Gasteiger partial charge in [-0.2, -0.15) is 5.10 Å². The summed E-state index contributed by atoms with van der Waals surface area (Å²) in [5.74, 6) is 1.60. The molecule has 1 aromatic carbocycles. The molecule has 0 amide bonds. The average Bonchev–Trinajstić information content (AvgIpc) is 2.99. The third kappa shape index (κ3) is 1.81. The fourth-order valence-electron chi connectivity index (χ4n) is 1.52. The average molecular weight is 264 g/mol. The molecule has 1 aliphatic rings. The molecule has 0 aliphatic heterocycles. The number of nitrogens with zero attached hydrogens (tertiary/aromatic N) is 3. The van der Waals surface area contributed by atoms with Crippen LogP contribution in [0.1, 0.15) is 24.6 Å². The molecule has 0 saturated heterocycles. The number of aromatic nitrogens is 3. The third-order valence-corrected chi connectivity index (χ3v) is 3.07. The molecule has 0 radical (unpaired) electrons. The number of halogens is 1. The van der Waals surface area contributed by atoms with Gasteiger partial charge in [0.2, 0.25) is 0 Å². The summed E-state index contributed by atoms with van der Waals surface area (Å²) in [6.07, 6.45) is 4.27. The van der Waals surface area contributed by atoms with Gasteiger partial charge < -0.3 is 0 Å². The maximum atomic E-state index is 4.46. The summed E-state index contributed by atoms with van der Waals surface area (Å²) >= 11 is 3.41. The molecule has 1 saturated carbocycles. The first kappa shape index (κ1) is 9.09. The molecule has 76 valence electrons. The Hall–Kier alpha value is -1.16. The first-order valence-electron chi connectivity index (χ1n) is 5.00. The van der Waals surface area contributed by atoms with Crippen LogP contribution in [0.25, 0.3) is 5.69 Å². The van der Waals surface area contributed by atoms with Crippen LogP contribution in [0.5, 0.6) is 0 Å². The van der Waals surface area contributed by atoms with Gasteiger partial charge in [-0.15, -0.1) is 0 Å². The van der Waals surface area contributed by atoms with Crippen molar-refractivity contribution >= 4 is 15.9 Å². The van der Waals surface area contributed by atoms with Crippen molar-refractivity contribution in [2.75, 3.05) is 0 Å². The smallest absolute Gasteiger partial charge is 0.154 e. The lowest BCUT2D eigenvalue weighted by molar-refractivity contribution is 0.835. The lowest BCUT2D eigenvalue weighted by Gasteiger charge is -1.99. The summed E-state index contributed by atoms with van der Waals surface area (Å²) < 4.78 is 2.91. The largest absolute Gasteiger partial charge is 0.221 e. The SMILES string of the molecule is Brc1ccc(-n2cnc(C3CC3)n2)cc1. The van der Waals surface area contributed by atoms with Gasteiger partial charge in [-0.3, -0.25) is 0 Å². The normalized spacial score (nSPS) is 15.5. The highest BCUT2D eigenvalue weighted by Gasteiger charge is 2.27. The van der Waals surface area contributed by atoms with Crippen molar-refractivity contribution in [1.29, 1.82) is 0 Å². The van der Waals surface area contributed by atoms with Crippen LogP contribution < -0.4 is 0 Å². The zero-order valence-electron chi connectivity index (χ0n) is 8.10. The van der Waals surface area contributed by atoms with Crippen LogP contribution in [0.2, 0.25) is 0 Å². The van der Waals surface area contributed by atoms with E-state index in [1.54, 1.807) is 6.33 Å². The highest BCUT2D eigenvalue weighted by Crippen LogP contribution is 2.37. The highest BCUT2D eigenvalue weighted by atomic mass is 79.9. The molecule has 15 heavy (non-hydrogen) atoms. The van der Waals surface area contributed by atoms with Gasteiger partial charge >= 0.3 is 0 Å². The number of benzene rings is 1. The molecule has 0 atom stereocenters. The summed E-state index contributed by atoms with van der Waals surface area (Å²) in [6.45, 7) is 0. The molecule has 1 fully saturated rings. The summed E-state index contributed by atoms with van der Waals surface area (Å²) in [4.78, 5) is 4.32. The van der Waals surface area contributed by atoms with Gasteiger partial charge in [0.05, 0.1) is 5.69 Å². The van der Waals surface area contributed by atoms with E-state index in [1.807, 2.05) is 28.9 Å². The van der Waals surface area contributed by atoms with E-state index >= 15 is 0 Å². The Morgan fingerprint density at radius 3 is 2.60 bits per heavy atom. The van der Waals surface area contributed by atoms with Gasteiger partial charge in [0, 0.05) is 10.4 Å². The molecule has 0 N–H and O–H groups in total. The van der Waals surface area contributed by atoms with Crippen molar-refractivity contribution in [3.8, 4) is 5.69 Å². The van der Waals surface area contributed by atoms with E-state index in [-0.39, 0.29) is 0 Å². The minimum atomic E-state index is 0.613. The van der Waals surface area contributed by atoms with E-state index in [0.717, 1.165) is 16.0 Å². The molecule has 3 rings (SSSR count). The van der Waals surface area contributed by atoms with Gasteiger partial charge in [-0.1, -0.05) is 15.9 Å². The van der Waals surface area contributed by atoms with Gasteiger partial charge in [-0.25, -0.2) is 9.67 Å². The van der Waals surface area contributed by atoms with E-state index in [9.17, 15) is 0 Å². The molecule has 1 heterocycles. The van der Waals surface area contributed by atoms with E-state index in [1.165, 1.54) is 12.8 Å². The Balaban J connectivity index is 1.93. The van der Waals surface area contributed by atoms with Crippen molar-refractivity contribution in [3.05, 3.63) is 40.9 Å². The highest BCUT2D eigenvalue weighted by molar-refractivity contribution is 9.10. The Labute approximate surface area is 96.3 Å². The third-order valence-electron chi connectivity index (χ3n) is 2.54. The van der Waals surface area contributed by atoms with E-state index in [0.29, 0.717) is 5.92 Å². The first-order chi connectivity index (χ1) is 7.33. The van der Waals surface area contributed by atoms with Crippen LogP contribution in [-0.4, -0.2) is 14.8 Å².